The molecule has 0 aliphatic carbocycles. The Hall–Kier alpha value is -5.77. The summed E-state index contributed by atoms with van der Waals surface area (Å²) in [6, 6.07) is 13.8. The van der Waals surface area contributed by atoms with Gasteiger partial charge in [-0.25, -0.2) is 14.4 Å². The first-order valence-electron chi connectivity index (χ1n) is 12.0. The van der Waals surface area contributed by atoms with Gasteiger partial charge in [0.25, 0.3) is 17.1 Å². The molecule has 1 fully saturated rings. The highest BCUT2D eigenvalue weighted by Gasteiger charge is 2.41. The Morgan fingerprint density at radius 2 is 1.02 bits per heavy atom. The Labute approximate surface area is 234 Å². The Balaban J connectivity index is 1.45. The zero-order valence-corrected chi connectivity index (χ0v) is 21.2. The highest BCUT2D eigenvalue weighted by atomic mass is 16.7. The van der Waals surface area contributed by atoms with Crippen molar-refractivity contribution in [2.24, 2.45) is 0 Å². The number of non-ortho nitro benzene ring substituents is 3. The van der Waals surface area contributed by atoms with Gasteiger partial charge in [-0.3, -0.25) is 30.3 Å². The fourth-order valence-electron chi connectivity index (χ4n) is 3.82. The number of carbonyl (C=O) groups excluding carboxylic acids is 3. The second-order valence-electron chi connectivity index (χ2n) is 8.70. The van der Waals surface area contributed by atoms with E-state index in [4.69, 9.17) is 18.9 Å². The van der Waals surface area contributed by atoms with Crippen LogP contribution in [-0.2, 0) is 18.9 Å². The van der Waals surface area contributed by atoms with Crippen LogP contribution in [0.1, 0.15) is 37.5 Å². The van der Waals surface area contributed by atoms with Gasteiger partial charge >= 0.3 is 17.9 Å². The lowest BCUT2D eigenvalue weighted by molar-refractivity contribution is -0.385. The van der Waals surface area contributed by atoms with E-state index in [2.05, 4.69) is 0 Å². The van der Waals surface area contributed by atoms with E-state index in [1.807, 2.05) is 0 Å². The lowest BCUT2D eigenvalue weighted by atomic mass is 10.1. The van der Waals surface area contributed by atoms with Gasteiger partial charge in [0.1, 0.15) is 18.8 Å². The van der Waals surface area contributed by atoms with Crippen LogP contribution in [0.25, 0.3) is 0 Å². The van der Waals surface area contributed by atoms with Crippen LogP contribution in [0.2, 0.25) is 0 Å². The second kappa shape index (κ2) is 12.6. The molecule has 4 rings (SSSR count). The molecule has 16 nitrogen and oxygen atoms in total. The molecule has 0 aromatic heterocycles. The van der Waals surface area contributed by atoms with Crippen LogP contribution in [0.4, 0.5) is 17.1 Å². The molecule has 3 aromatic rings. The molecule has 0 saturated carbocycles. The largest absolute Gasteiger partial charge is 0.459 e. The molecule has 42 heavy (non-hydrogen) atoms. The molecule has 0 amide bonds. The summed E-state index contributed by atoms with van der Waals surface area (Å²) < 4.78 is 21.7. The van der Waals surface area contributed by atoms with Crippen molar-refractivity contribution in [1.82, 2.24) is 0 Å². The van der Waals surface area contributed by atoms with Crippen LogP contribution >= 0.6 is 0 Å². The Morgan fingerprint density at radius 1 is 0.643 bits per heavy atom. The van der Waals surface area contributed by atoms with Crippen LogP contribution in [0.5, 0.6) is 0 Å². The van der Waals surface area contributed by atoms with Gasteiger partial charge in [-0.05, 0) is 36.4 Å². The molecule has 3 aromatic carbocycles. The van der Waals surface area contributed by atoms with Crippen molar-refractivity contribution in [2.75, 3.05) is 6.61 Å². The fourth-order valence-corrected chi connectivity index (χ4v) is 3.82. The Bertz CT molecular complexity index is 1520. The summed E-state index contributed by atoms with van der Waals surface area (Å²) in [5.41, 5.74) is -0.757. The van der Waals surface area contributed by atoms with Crippen molar-refractivity contribution < 1.29 is 48.1 Å². The number of rotatable bonds is 10. The first-order chi connectivity index (χ1) is 20.0. The average Bonchev–Trinajstić information content (AvgIpc) is 3.36. The number of hydrogen-bond acceptors (Lipinski definition) is 13. The summed E-state index contributed by atoms with van der Waals surface area (Å²) in [6.45, 7) is -0.473. The molecule has 16 heteroatoms. The maximum Gasteiger partial charge on any atom is 0.340 e. The van der Waals surface area contributed by atoms with Crippen molar-refractivity contribution in [3.05, 3.63) is 120 Å². The van der Waals surface area contributed by atoms with Gasteiger partial charge in [0.05, 0.1) is 37.9 Å². The van der Waals surface area contributed by atoms with Gasteiger partial charge < -0.3 is 18.9 Å². The van der Waals surface area contributed by atoms with Crippen molar-refractivity contribution in [3.63, 3.8) is 0 Å². The number of nitro groups is 3. The standard InChI is InChI=1S/C26H19N3O13/c30-24(15-1-7-18(8-2-15)27(33)34)39-14-22-21(41-25(31)16-3-9-19(10-4-16)28(35)36)13-23(40-22)42-26(32)17-5-11-20(12-6-17)29(37)38/h1-12,21-23H,13-14H2/t21-,22+,23-/m0/s1. The van der Waals surface area contributed by atoms with Crippen molar-refractivity contribution >= 4 is 35.0 Å². The SMILES string of the molecule is O=C(OC[C@H]1O[C@@H](OC(=O)c2ccc([N+](=O)[O-])cc2)C[C@@H]1OC(=O)c1ccc([N+](=O)[O-])cc1)c1ccc([N+](=O)[O-])cc1. The smallest absolute Gasteiger partial charge is 0.340 e. The Kier molecular flexibility index (Phi) is 8.77. The first-order valence-corrected chi connectivity index (χ1v) is 12.0. The molecule has 0 unspecified atom stereocenters. The normalized spacial score (nSPS) is 17.6. The van der Waals surface area contributed by atoms with E-state index >= 15 is 0 Å². The maximum absolute atomic E-state index is 12.7. The Morgan fingerprint density at radius 3 is 1.43 bits per heavy atom. The van der Waals surface area contributed by atoms with Crippen molar-refractivity contribution in [1.29, 1.82) is 0 Å². The predicted octanol–water partition coefficient (Wildman–Crippen LogP) is 3.77. The molecule has 1 aliphatic heterocycles. The third kappa shape index (κ3) is 7.05. The molecule has 1 heterocycles. The number of esters is 3. The van der Waals surface area contributed by atoms with Gasteiger partial charge in [-0.15, -0.1) is 0 Å². The summed E-state index contributed by atoms with van der Waals surface area (Å²) in [5, 5.41) is 32.6. The molecular weight excluding hydrogens is 562 g/mol. The second-order valence-corrected chi connectivity index (χ2v) is 8.70. The number of nitro benzene ring substituents is 3. The minimum atomic E-state index is -1.27. The van der Waals surface area contributed by atoms with Crippen LogP contribution in [0.3, 0.4) is 0 Å². The quantitative estimate of drug-likeness (QED) is 0.144. The molecule has 1 aliphatic rings. The molecule has 0 spiro atoms. The minimum Gasteiger partial charge on any atom is -0.459 e. The lowest BCUT2D eigenvalue weighted by Gasteiger charge is -2.18. The zero-order valence-electron chi connectivity index (χ0n) is 21.2. The van der Waals surface area contributed by atoms with E-state index in [9.17, 15) is 44.7 Å². The number of carbonyl (C=O) groups is 3. The third-order valence-corrected chi connectivity index (χ3v) is 5.98. The van der Waals surface area contributed by atoms with Gasteiger partial charge in [0.2, 0.25) is 6.29 Å². The van der Waals surface area contributed by atoms with Crippen molar-refractivity contribution in [3.8, 4) is 0 Å². The number of nitrogens with zero attached hydrogens (tertiary/aromatic N) is 3. The highest BCUT2D eigenvalue weighted by Crippen LogP contribution is 2.27. The number of hydrogen-bond donors (Lipinski definition) is 0. The van der Waals surface area contributed by atoms with E-state index in [-0.39, 0.29) is 40.2 Å². The van der Waals surface area contributed by atoms with E-state index in [1.54, 1.807) is 0 Å². The summed E-state index contributed by atoms with van der Waals surface area (Å²) >= 11 is 0. The lowest BCUT2D eigenvalue weighted by Crippen LogP contribution is -2.32. The van der Waals surface area contributed by atoms with Crippen molar-refractivity contribution in [2.45, 2.75) is 24.9 Å². The molecular formula is C26H19N3O13. The van der Waals surface area contributed by atoms with E-state index in [1.165, 1.54) is 36.4 Å². The summed E-state index contributed by atoms with van der Waals surface area (Å²) in [6.07, 6.45) is -3.68. The molecule has 1 saturated heterocycles. The molecule has 0 N–H and O–H groups in total. The van der Waals surface area contributed by atoms with Crippen LogP contribution in [-0.4, -0.2) is 57.8 Å². The van der Waals surface area contributed by atoms with Gasteiger partial charge in [0, 0.05) is 36.4 Å². The number of benzene rings is 3. The average molecular weight is 581 g/mol. The third-order valence-electron chi connectivity index (χ3n) is 5.98. The first kappa shape index (κ1) is 29.2. The van der Waals surface area contributed by atoms with Gasteiger partial charge in [-0.2, -0.15) is 0 Å². The topological polar surface area (TPSA) is 218 Å². The predicted molar refractivity (Wildman–Crippen MR) is 137 cm³/mol. The highest BCUT2D eigenvalue weighted by molar-refractivity contribution is 5.91. The molecule has 216 valence electrons. The summed E-state index contributed by atoms with van der Waals surface area (Å²) in [4.78, 5) is 68.5. The monoisotopic (exact) mass is 581 g/mol. The molecule has 0 radical (unpaired) electrons. The zero-order chi connectivity index (χ0) is 30.4. The van der Waals surface area contributed by atoms with Gasteiger partial charge in [-0.1, -0.05) is 0 Å². The molecule has 0 bridgehead atoms. The molecule has 3 atom stereocenters. The summed E-state index contributed by atoms with van der Waals surface area (Å²) in [7, 11) is 0. The van der Waals surface area contributed by atoms with Crippen LogP contribution in [0, 0.1) is 30.3 Å². The van der Waals surface area contributed by atoms with Gasteiger partial charge in [0.15, 0.2) is 0 Å². The van der Waals surface area contributed by atoms with Crippen LogP contribution in [0.15, 0.2) is 72.8 Å². The summed E-state index contributed by atoms with van der Waals surface area (Å²) in [5.74, 6) is -2.63. The maximum atomic E-state index is 12.7. The number of ether oxygens (including phenoxy) is 4. The minimum absolute atomic E-state index is 0.000768. The van der Waals surface area contributed by atoms with E-state index < -0.39 is 57.8 Å². The van der Waals surface area contributed by atoms with E-state index in [0.717, 1.165) is 36.4 Å². The van der Waals surface area contributed by atoms with E-state index in [0.29, 0.717) is 0 Å². The fraction of sp³-hybridized carbons (Fsp3) is 0.192. The van der Waals surface area contributed by atoms with Crippen LogP contribution < -0.4 is 0 Å².